The maximum absolute atomic E-state index is 8.92. The lowest BCUT2D eigenvalue weighted by molar-refractivity contribution is 0.307. The maximum atomic E-state index is 8.92. The van der Waals surface area contributed by atoms with Crippen LogP contribution in [-0.4, -0.2) is 6.54 Å². The summed E-state index contributed by atoms with van der Waals surface area (Å²) in [5.74, 6) is 0. The molecule has 2 heteroatoms. The molecular formula is C16H22N2. The number of anilines is 1. The lowest BCUT2D eigenvalue weighted by Gasteiger charge is -2.28. The molecule has 0 unspecified atom stereocenters. The van der Waals surface area contributed by atoms with Crippen molar-refractivity contribution in [2.45, 2.75) is 46.0 Å². The molecule has 1 aliphatic carbocycles. The molecule has 0 atom stereocenters. The van der Waals surface area contributed by atoms with Gasteiger partial charge in [0, 0.05) is 12.2 Å². The normalized spacial score (nSPS) is 17.4. The quantitative estimate of drug-likeness (QED) is 0.856. The fourth-order valence-corrected chi connectivity index (χ4v) is 2.97. The topological polar surface area (TPSA) is 35.8 Å². The number of nitrogens with one attached hydrogen (secondary N) is 1. The van der Waals surface area contributed by atoms with E-state index < -0.39 is 0 Å². The summed E-state index contributed by atoms with van der Waals surface area (Å²) in [7, 11) is 0. The lowest BCUT2D eigenvalue weighted by atomic mass is 9.83. The van der Waals surface area contributed by atoms with Gasteiger partial charge in [0.1, 0.15) is 0 Å². The van der Waals surface area contributed by atoms with Gasteiger partial charge in [-0.1, -0.05) is 19.8 Å². The molecule has 1 saturated carbocycles. The molecule has 18 heavy (non-hydrogen) atoms. The third-order valence-corrected chi connectivity index (χ3v) is 4.43. The van der Waals surface area contributed by atoms with Gasteiger partial charge in [0.15, 0.2) is 0 Å². The second kappa shape index (κ2) is 5.44. The highest BCUT2D eigenvalue weighted by Crippen LogP contribution is 2.40. The van der Waals surface area contributed by atoms with Crippen LogP contribution in [0.15, 0.2) is 18.2 Å². The second-order valence-electron chi connectivity index (χ2n) is 5.56. The van der Waals surface area contributed by atoms with Gasteiger partial charge < -0.3 is 5.32 Å². The molecule has 1 N–H and O–H groups in total. The zero-order valence-electron chi connectivity index (χ0n) is 11.4. The fourth-order valence-electron chi connectivity index (χ4n) is 2.97. The van der Waals surface area contributed by atoms with Crippen LogP contribution >= 0.6 is 0 Å². The Bertz CT molecular complexity index is 451. The van der Waals surface area contributed by atoms with E-state index in [-0.39, 0.29) is 0 Å². The van der Waals surface area contributed by atoms with Crippen LogP contribution in [-0.2, 0) is 0 Å². The second-order valence-corrected chi connectivity index (χ2v) is 5.56. The van der Waals surface area contributed by atoms with E-state index in [0.717, 1.165) is 23.4 Å². The number of nitrogens with zero attached hydrogens (tertiary/aromatic N) is 1. The summed E-state index contributed by atoms with van der Waals surface area (Å²) in [5, 5.41) is 12.5. The molecule has 1 aromatic rings. The van der Waals surface area contributed by atoms with Crippen LogP contribution in [0.4, 0.5) is 5.69 Å². The van der Waals surface area contributed by atoms with Crippen LogP contribution in [0.25, 0.3) is 0 Å². The number of benzene rings is 1. The summed E-state index contributed by atoms with van der Waals surface area (Å²) in [5.41, 5.74) is 3.47. The van der Waals surface area contributed by atoms with E-state index in [2.05, 4.69) is 24.4 Å². The lowest BCUT2D eigenvalue weighted by Crippen LogP contribution is -2.25. The SMILES string of the molecule is CCC1(CNc2ccc(C#N)c(C)c2)CCCC1. The van der Waals surface area contributed by atoms with Gasteiger partial charge in [-0.2, -0.15) is 5.26 Å². The minimum absolute atomic E-state index is 0.502. The largest absolute Gasteiger partial charge is 0.384 e. The van der Waals surface area contributed by atoms with Crippen LogP contribution < -0.4 is 5.32 Å². The third kappa shape index (κ3) is 2.67. The van der Waals surface area contributed by atoms with E-state index in [1.54, 1.807) is 0 Å². The summed E-state index contributed by atoms with van der Waals surface area (Å²) in [6.07, 6.45) is 6.72. The Labute approximate surface area is 110 Å². The molecule has 0 aliphatic heterocycles. The molecule has 0 saturated heterocycles. The Morgan fingerprint density at radius 2 is 2.06 bits per heavy atom. The number of rotatable bonds is 4. The molecule has 0 heterocycles. The van der Waals surface area contributed by atoms with Crippen LogP contribution in [0.2, 0.25) is 0 Å². The highest BCUT2D eigenvalue weighted by atomic mass is 14.9. The van der Waals surface area contributed by atoms with Crippen molar-refractivity contribution in [2.75, 3.05) is 11.9 Å². The summed E-state index contributed by atoms with van der Waals surface area (Å²) in [6.45, 7) is 5.36. The van der Waals surface area contributed by atoms with E-state index in [1.165, 1.54) is 32.1 Å². The van der Waals surface area contributed by atoms with Crippen LogP contribution in [0.5, 0.6) is 0 Å². The average molecular weight is 242 g/mol. The highest BCUT2D eigenvalue weighted by Gasteiger charge is 2.31. The molecule has 2 rings (SSSR count). The van der Waals surface area contributed by atoms with Gasteiger partial charge in [-0.05, 0) is 55.4 Å². The monoisotopic (exact) mass is 242 g/mol. The van der Waals surface area contributed by atoms with Gasteiger partial charge in [-0.15, -0.1) is 0 Å². The van der Waals surface area contributed by atoms with E-state index in [0.29, 0.717) is 5.41 Å². The number of hydrogen-bond acceptors (Lipinski definition) is 2. The van der Waals surface area contributed by atoms with Crippen molar-refractivity contribution in [1.82, 2.24) is 0 Å². The first-order valence-electron chi connectivity index (χ1n) is 6.94. The van der Waals surface area contributed by atoms with Crippen LogP contribution in [0.1, 0.15) is 50.2 Å². The smallest absolute Gasteiger partial charge is 0.0994 e. The Morgan fingerprint density at radius 3 is 2.61 bits per heavy atom. The van der Waals surface area contributed by atoms with Gasteiger partial charge in [-0.3, -0.25) is 0 Å². The van der Waals surface area contributed by atoms with Crippen LogP contribution in [0, 0.1) is 23.7 Å². The van der Waals surface area contributed by atoms with Gasteiger partial charge in [0.2, 0.25) is 0 Å². The molecular weight excluding hydrogens is 220 g/mol. The molecule has 0 aromatic heterocycles. The zero-order valence-corrected chi connectivity index (χ0v) is 11.4. The molecule has 1 aromatic carbocycles. The van der Waals surface area contributed by atoms with Crippen molar-refractivity contribution in [3.05, 3.63) is 29.3 Å². The van der Waals surface area contributed by atoms with Crippen molar-refractivity contribution >= 4 is 5.69 Å². The van der Waals surface area contributed by atoms with Crippen molar-refractivity contribution in [2.24, 2.45) is 5.41 Å². The van der Waals surface area contributed by atoms with Gasteiger partial charge in [0.05, 0.1) is 11.6 Å². The molecule has 0 bridgehead atoms. The minimum atomic E-state index is 0.502. The van der Waals surface area contributed by atoms with Gasteiger partial charge in [-0.25, -0.2) is 0 Å². The Balaban J connectivity index is 2.02. The molecule has 0 radical (unpaired) electrons. The first kappa shape index (κ1) is 13.0. The predicted molar refractivity (Wildman–Crippen MR) is 75.6 cm³/mol. The third-order valence-electron chi connectivity index (χ3n) is 4.43. The summed E-state index contributed by atoms with van der Waals surface area (Å²) in [4.78, 5) is 0. The molecule has 2 nitrogen and oxygen atoms in total. The first-order chi connectivity index (χ1) is 8.69. The summed E-state index contributed by atoms with van der Waals surface area (Å²) < 4.78 is 0. The number of hydrogen-bond donors (Lipinski definition) is 1. The van der Waals surface area contributed by atoms with Crippen LogP contribution in [0.3, 0.4) is 0 Å². The number of nitriles is 1. The van der Waals surface area contributed by atoms with Crippen molar-refractivity contribution in [3.63, 3.8) is 0 Å². The van der Waals surface area contributed by atoms with Crippen molar-refractivity contribution < 1.29 is 0 Å². The fraction of sp³-hybridized carbons (Fsp3) is 0.562. The molecule has 1 fully saturated rings. The van der Waals surface area contributed by atoms with E-state index in [4.69, 9.17) is 5.26 Å². The Kier molecular flexibility index (Phi) is 3.91. The van der Waals surface area contributed by atoms with Gasteiger partial charge in [0.25, 0.3) is 0 Å². The Hall–Kier alpha value is -1.49. The molecule has 1 aliphatic rings. The van der Waals surface area contributed by atoms with E-state index in [1.807, 2.05) is 19.1 Å². The van der Waals surface area contributed by atoms with Gasteiger partial charge >= 0.3 is 0 Å². The molecule has 0 spiro atoms. The number of aryl methyl sites for hydroxylation is 1. The van der Waals surface area contributed by atoms with E-state index in [9.17, 15) is 0 Å². The van der Waals surface area contributed by atoms with Crippen molar-refractivity contribution in [1.29, 1.82) is 5.26 Å². The first-order valence-corrected chi connectivity index (χ1v) is 6.94. The molecule has 96 valence electrons. The average Bonchev–Trinajstić information content (AvgIpc) is 2.86. The standard InChI is InChI=1S/C16H22N2/c1-3-16(8-4-5-9-16)12-18-15-7-6-14(11-17)13(2)10-15/h6-7,10,18H,3-5,8-9,12H2,1-2H3. The summed E-state index contributed by atoms with van der Waals surface area (Å²) in [6, 6.07) is 8.22. The Morgan fingerprint density at radius 1 is 1.33 bits per heavy atom. The highest BCUT2D eigenvalue weighted by molar-refractivity contribution is 5.51. The summed E-state index contributed by atoms with van der Waals surface area (Å²) >= 11 is 0. The minimum Gasteiger partial charge on any atom is -0.384 e. The zero-order chi connectivity index (χ0) is 13.0. The van der Waals surface area contributed by atoms with Crippen molar-refractivity contribution in [3.8, 4) is 6.07 Å². The van der Waals surface area contributed by atoms with E-state index >= 15 is 0 Å². The molecule has 0 amide bonds. The predicted octanol–water partition coefficient (Wildman–Crippen LogP) is 4.25. The maximum Gasteiger partial charge on any atom is 0.0994 e.